The van der Waals surface area contributed by atoms with Crippen LogP contribution in [0.1, 0.15) is 53.0 Å². The molecule has 0 aromatic heterocycles. The number of rotatable bonds is 8. The Morgan fingerprint density at radius 3 is 2.08 bits per heavy atom. The second-order valence-electron chi connectivity index (χ2n) is 8.13. The molecule has 26 heavy (non-hydrogen) atoms. The normalized spacial score (nSPS) is 14.8. The van der Waals surface area contributed by atoms with E-state index in [9.17, 15) is 19.5 Å². The third kappa shape index (κ3) is 7.25. The smallest absolute Gasteiger partial charge is 0.329 e. The predicted octanol–water partition coefficient (Wildman–Crippen LogP) is 2.52. The van der Waals surface area contributed by atoms with Crippen LogP contribution in [0.15, 0.2) is 30.3 Å². The zero-order chi connectivity index (χ0) is 20.0. The zero-order valence-electron chi connectivity index (χ0n) is 16.3. The van der Waals surface area contributed by atoms with Crippen molar-refractivity contribution in [2.45, 2.75) is 65.5 Å². The minimum Gasteiger partial charge on any atom is -0.480 e. The zero-order valence-corrected chi connectivity index (χ0v) is 16.3. The molecule has 2 atom stereocenters. The van der Waals surface area contributed by atoms with Gasteiger partial charge in [0.05, 0.1) is 0 Å². The lowest BCUT2D eigenvalue weighted by Crippen LogP contribution is -2.58. The lowest BCUT2D eigenvalue weighted by Gasteiger charge is -2.31. The SMILES string of the molecule is CC(=O)N[C@@H](Cc1ccccc1)C(=O)NC(C)(CCC(C)(C)C)C(=O)O. The summed E-state index contributed by atoms with van der Waals surface area (Å²) in [6.45, 7) is 8.90. The van der Waals surface area contributed by atoms with Gasteiger partial charge in [0, 0.05) is 13.3 Å². The maximum atomic E-state index is 12.7. The standard InChI is InChI=1S/C20H30N2O4/c1-14(23)21-16(13-15-9-7-6-8-10-15)17(24)22-20(5,18(25)26)12-11-19(2,3)4/h6-10,16H,11-13H2,1-5H3,(H,21,23)(H,22,24)(H,25,26)/t16-,20?/m0/s1. The van der Waals surface area contributed by atoms with Crippen LogP contribution in [0.25, 0.3) is 0 Å². The third-order valence-corrected chi connectivity index (χ3v) is 4.22. The first-order valence-electron chi connectivity index (χ1n) is 8.79. The number of hydrogen-bond donors (Lipinski definition) is 3. The van der Waals surface area contributed by atoms with Crippen LogP contribution >= 0.6 is 0 Å². The van der Waals surface area contributed by atoms with Crippen molar-refractivity contribution in [3.8, 4) is 0 Å². The van der Waals surface area contributed by atoms with Gasteiger partial charge in [0.15, 0.2) is 0 Å². The van der Waals surface area contributed by atoms with Crippen LogP contribution in [0.2, 0.25) is 0 Å². The van der Waals surface area contributed by atoms with Gasteiger partial charge in [-0.3, -0.25) is 9.59 Å². The largest absolute Gasteiger partial charge is 0.480 e. The summed E-state index contributed by atoms with van der Waals surface area (Å²) in [6.07, 6.45) is 1.23. The molecule has 0 aliphatic heterocycles. The van der Waals surface area contributed by atoms with Gasteiger partial charge in [0.2, 0.25) is 11.8 Å². The highest BCUT2D eigenvalue weighted by atomic mass is 16.4. The van der Waals surface area contributed by atoms with Crippen molar-refractivity contribution in [3.63, 3.8) is 0 Å². The Hall–Kier alpha value is -2.37. The highest BCUT2D eigenvalue weighted by Crippen LogP contribution is 2.26. The highest BCUT2D eigenvalue weighted by molar-refractivity contribution is 5.91. The average Bonchev–Trinajstić information content (AvgIpc) is 2.52. The van der Waals surface area contributed by atoms with Crippen molar-refractivity contribution in [3.05, 3.63) is 35.9 Å². The third-order valence-electron chi connectivity index (χ3n) is 4.22. The number of carbonyl (C=O) groups is 3. The minimum absolute atomic E-state index is 0.0531. The van der Waals surface area contributed by atoms with Crippen LogP contribution in [-0.4, -0.2) is 34.5 Å². The minimum atomic E-state index is -1.39. The van der Waals surface area contributed by atoms with Gasteiger partial charge in [0.1, 0.15) is 11.6 Å². The molecule has 0 radical (unpaired) electrons. The molecule has 2 amide bonds. The number of amides is 2. The molecular formula is C20H30N2O4. The van der Waals surface area contributed by atoms with Gasteiger partial charge in [-0.1, -0.05) is 51.1 Å². The van der Waals surface area contributed by atoms with E-state index in [0.717, 1.165) is 5.56 Å². The second-order valence-corrected chi connectivity index (χ2v) is 8.13. The van der Waals surface area contributed by atoms with E-state index in [4.69, 9.17) is 0 Å². The van der Waals surface area contributed by atoms with E-state index < -0.39 is 23.5 Å². The van der Waals surface area contributed by atoms with E-state index in [-0.39, 0.29) is 11.3 Å². The van der Waals surface area contributed by atoms with Gasteiger partial charge in [-0.15, -0.1) is 0 Å². The molecule has 0 fully saturated rings. The van der Waals surface area contributed by atoms with E-state index in [1.54, 1.807) is 0 Å². The Bertz CT molecular complexity index is 637. The molecule has 1 unspecified atom stereocenters. The van der Waals surface area contributed by atoms with Crippen LogP contribution in [0.3, 0.4) is 0 Å². The summed E-state index contributed by atoms with van der Waals surface area (Å²) >= 11 is 0. The summed E-state index contributed by atoms with van der Waals surface area (Å²) in [5.74, 6) is -1.92. The van der Waals surface area contributed by atoms with E-state index >= 15 is 0 Å². The molecule has 0 saturated heterocycles. The van der Waals surface area contributed by atoms with Gasteiger partial charge >= 0.3 is 5.97 Å². The maximum Gasteiger partial charge on any atom is 0.329 e. The Labute approximate surface area is 155 Å². The van der Waals surface area contributed by atoms with Crippen LogP contribution in [0.4, 0.5) is 0 Å². The summed E-state index contributed by atoms with van der Waals surface area (Å²) in [5, 5.41) is 14.9. The average molecular weight is 362 g/mol. The number of benzene rings is 1. The van der Waals surface area contributed by atoms with Crippen molar-refractivity contribution >= 4 is 17.8 Å². The summed E-state index contributed by atoms with van der Waals surface area (Å²) in [6, 6.07) is 8.45. The molecule has 0 aliphatic rings. The fourth-order valence-corrected chi connectivity index (χ4v) is 2.51. The quantitative estimate of drug-likeness (QED) is 0.662. The van der Waals surface area contributed by atoms with Crippen LogP contribution in [-0.2, 0) is 20.8 Å². The van der Waals surface area contributed by atoms with Crippen LogP contribution < -0.4 is 10.6 Å². The first-order valence-corrected chi connectivity index (χ1v) is 8.79. The second kappa shape index (κ2) is 8.83. The summed E-state index contributed by atoms with van der Waals surface area (Å²) in [4.78, 5) is 36.0. The molecule has 0 saturated carbocycles. The topological polar surface area (TPSA) is 95.5 Å². The van der Waals surface area contributed by atoms with Crippen LogP contribution in [0.5, 0.6) is 0 Å². The molecule has 0 bridgehead atoms. The fourth-order valence-electron chi connectivity index (χ4n) is 2.51. The molecule has 0 spiro atoms. The van der Waals surface area contributed by atoms with Crippen molar-refractivity contribution < 1.29 is 19.5 Å². The number of hydrogen-bond acceptors (Lipinski definition) is 3. The van der Waals surface area contributed by atoms with Crippen molar-refractivity contribution in [1.82, 2.24) is 10.6 Å². The molecule has 1 aromatic rings. The van der Waals surface area contributed by atoms with Crippen molar-refractivity contribution in [2.75, 3.05) is 0 Å². The summed E-state index contributed by atoms with van der Waals surface area (Å²) in [5.41, 5.74) is -0.562. The Kier molecular flexibility index (Phi) is 7.36. The monoisotopic (exact) mass is 362 g/mol. The molecule has 6 nitrogen and oxygen atoms in total. The Morgan fingerprint density at radius 2 is 1.62 bits per heavy atom. The number of nitrogens with one attached hydrogen (secondary N) is 2. The first kappa shape index (κ1) is 21.7. The van der Waals surface area contributed by atoms with Crippen molar-refractivity contribution in [2.24, 2.45) is 5.41 Å². The predicted molar refractivity (Wildman–Crippen MR) is 101 cm³/mol. The van der Waals surface area contributed by atoms with Gasteiger partial charge in [0.25, 0.3) is 0 Å². The maximum absolute atomic E-state index is 12.7. The lowest BCUT2D eigenvalue weighted by molar-refractivity contribution is -0.147. The molecule has 1 rings (SSSR count). The molecule has 3 N–H and O–H groups in total. The lowest BCUT2D eigenvalue weighted by atomic mass is 9.83. The molecule has 0 heterocycles. The van der Waals surface area contributed by atoms with E-state index in [0.29, 0.717) is 19.3 Å². The van der Waals surface area contributed by atoms with Gasteiger partial charge in [-0.05, 0) is 30.7 Å². The molecule has 0 aliphatic carbocycles. The first-order chi connectivity index (χ1) is 11.9. The molecule has 6 heteroatoms. The van der Waals surface area contributed by atoms with Crippen LogP contribution in [0, 0.1) is 5.41 Å². The summed E-state index contributed by atoms with van der Waals surface area (Å²) < 4.78 is 0. The number of carbonyl (C=O) groups excluding carboxylic acids is 2. The van der Waals surface area contributed by atoms with Gasteiger partial charge < -0.3 is 15.7 Å². The Balaban J connectivity index is 2.93. The summed E-state index contributed by atoms with van der Waals surface area (Å²) in [7, 11) is 0. The number of aliphatic carboxylic acids is 1. The highest BCUT2D eigenvalue weighted by Gasteiger charge is 2.37. The fraction of sp³-hybridized carbons (Fsp3) is 0.550. The Morgan fingerprint density at radius 1 is 1.04 bits per heavy atom. The van der Waals surface area contributed by atoms with Gasteiger partial charge in [-0.25, -0.2) is 4.79 Å². The van der Waals surface area contributed by atoms with E-state index in [1.165, 1.54) is 13.8 Å². The van der Waals surface area contributed by atoms with Gasteiger partial charge in [-0.2, -0.15) is 0 Å². The molecular weight excluding hydrogens is 332 g/mol. The molecule has 144 valence electrons. The number of carboxylic acids is 1. The number of carboxylic acid groups (broad SMARTS) is 1. The van der Waals surface area contributed by atoms with E-state index in [1.807, 2.05) is 51.1 Å². The van der Waals surface area contributed by atoms with E-state index in [2.05, 4.69) is 10.6 Å². The van der Waals surface area contributed by atoms with Crippen molar-refractivity contribution in [1.29, 1.82) is 0 Å². The molecule has 1 aromatic carbocycles.